The van der Waals surface area contributed by atoms with Gasteiger partial charge in [0.1, 0.15) is 5.75 Å². The lowest BCUT2D eigenvalue weighted by Gasteiger charge is -2.11. The minimum absolute atomic E-state index is 0.371. The fourth-order valence-corrected chi connectivity index (χ4v) is 1.82. The topological polar surface area (TPSA) is 49.7 Å². The molecule has 0 atom stereocenters. The Morgan fingerprint density at radius 1 is 0.882 bits per heavy atom. The van der Waals surface area contributed by atoms with Gasteiger partial charge in [-0.05, 0) is 12.1 Å². The maximum Gasteiger partial charge on any atom is 0.707 e. The highest BCUT2D eigenvalue weighted by Gasteiger charge is 2.15. The summed E-state index contributed by atoms with van der Waals surface area (Å²) in [4.78, 5) is 0. The summed E-state index contributed by atoms with van der Waals surface area (Å²) >= 11 is 6.09. The molecule has 0 aromatic heterocycles. The molecule has 0 radical (unpaired) electrons. The van der Waals surface area contributed by atoms with Crippen LogP contribution in [0.1, 0.15) is 0 Å². The van der Waals surface area contributed by atoms with Crippen molar-refractivity contribution in [3.8, 4) is 16.9 Å². The zero-order chi connectivity index (χ0) is 12.3. The Kier molecular flexibility index (Phi) is 3.69. The van der Waals surface area contributed by atoms with E-state index in [2.05, 4.69) is 0 Å². The van der Waals surface area contributed by atoms with Crippen LogP contribution in [-0.4, -0.2) is 17.4 Å². The molecule has 0 saturated carbocycles. The van der Waals surface area contributed by atoms with Crippen LogP contribution in [0.25, 0.3) is 11.1 Å². The fraction of sp³-hybridized carbons (Fsp3) is 0. The van der Waals surface area contributed by atoms with E-state index in [-0.39, 0.29) is 0 Å². The first-order chi connectivity index (χ1) is 8.18. The molecule has 0 unspecified atom stereocenters. The summed E-state index contributed by atoms with van der Waals surface area (Å²) in [7, 11) is -1.85. The SMILES string of the molecule is OB(O)Oc1ccccc1-c1ccccc1Cl. The number of benzene rings is 2. The van der Waals surface area contributed by atoms with Crippen LogP contribution in [0, 0.1) is 0 Å². The van der Waals surface area contributed by atoms with Crippen LogP contribution >= 0.6 is 11.6 Å². The standard InChI is InChI=1S/C12H10BClO3/c14-11-7-3-1-5-9(11)10-6-2-4-8-12(10)17-13(15)16/h1-8,15-16H. The van der Waals surface area contributed by atoms with Crippen molar-refractivity contribution >= 4 is 18.9 Å². The van der Waals surface area contributed by atoms with Crippen molar-refractivity contribution in [2.75, 3.05) is 0 Å². The molecule has 0 amide bonds. The van der Waals surface area contributed by atoms with E-state index in [0.717, 1.165) is 5.56 Å². The van der Waals surface area contributed by atoms with Gasteiger partial charge < -0.3 is 14.7 Å². The Bertz CT molecular complexity index is 517. The van der Waals surface area contributed by atoms with E-state index in [0.29, 0.717) is 16.3 Å². The molecule has 86 valence electrons. The van der Waals surface area contributed by atoms with Crippen LogP contribution in [0.3, 0.4) is 0 Å². The van der Waals surface area contributed by atoms with Crippen LogP contribution in [0.5, 0.6) is 5.75 Å². The highest BCUT2D eigenvalue weighted by atomic mass is 35.5. The first-order valence-corrected chi connectivity index (χ1v) is 5.43. The van der Waals surface area contributed by atoms with E-state index in [4.69, 9.17) is 26.3 Å². The maximum absolute atomic E-state index is 8.85. The second-order valence-corrected chi connectivity index (χ2v) is 3.83. The number of hydrogen-bond acceptors (Lipinski definition) is 3. The highest BCUT2D eigenvalue weighted by Crippen LogP contribution is 2.34. The molecule has 0 heterocycles. The van der Waals surface area contributed by atoms with E-state index in [1.54, 1.807) is 24.3 Å². The van der Waals surface area contributed by atoms with E-state index in [1.165, 1.54) is 0 Å². The summed E-state index contributed by atoms with van der Waals surface area (Å²) in [5.74, 6) is 0.371. The van der Waals surface area contributed by atoms with E-state index in [1.807, 2.05) is 24.3 Å². The number of para-hydroxylation sites is 1. The smallest absolute Gasteiger partial charge is 0.512 e. The third-order valence-corrected chi connectivity index (χ3v) is 2.61. The van der Waals surface area contributed by atoms with E-state index in [9.17, 15) is 0 Å². The van der Waals surface area contributed by atoms with Crippen molar-refractivity contribution in [2.24, 2.45) is 0 Å². The van der Waals surface area contributed by atoms with Gasteiger partial charge in [-0.3, -0.25) is 0 Å². The molecule has 0 aliphatic heterocycles. The molecular formula is C12H10BClO3. The summed E-state index contributed by atoms with van der Waals surface area (Å²) < 4.78 is 4.91. The molecule has 0 spiro atoms. The largest absolute Gasteiger partial charge is 0.707 e. The van der Waals surface area contributed by atoms with E-state index >= 15 is 0 Å². The van der Waals surface area contributed by atoms with Gasteiger partial charge >= 0.3 is 7.32 Å². The Hall–Kier alpha value is -1.49. The van der Waals surface area contributed by atoms with Crippen molar-refractivity contribution in [1.82, 2.24) is 0 Å². The zero-order valence-electron chi connectivity index (χ0n) is 8.88. The fourth-order valence-electron chi connectivity index (χ4n) is 1.59. The van der Waals surface area contributed by atoms with Gasteiger partial charge in [-0.15, -0.1) is 0 Å². The van der Waals surface area contributed by atoms with Gasteiger partial charge in [0.2, 0.25) is 0 Å². The molecular weight excluding hydrogens is 238 g/mol. The molecule has 17 heavy (non-hydrogen) atoms. The molecule has 3 nitrogen and oxygen atoms in total. The molecule has 2 rings (SSSR count). The minimum atomic E-state index is -1.85. The summed E-state index contributed by atoms with van der Waals surface area (Å²) in [6, 6.07) is 14.3. The summed E-state index contributed by atoms with van der Waals surface area (Å²) in [5, 5.41) is 18.3. The van der Waals surface area contributed by atoms with Gasteiger partial charge in [0, 0.05) is 16.1 Å². The predicted octanol–water partition coefficient (Wildman–Crippen LogP) is 2.36. The van der Waals surface area contributed by atoms with Gasteiger partial charge in [0.25, 0.3) is 0 Å². The maximum atomic E-state index is 8.85. The quantitative estimate of drug-likeness (QED) is 0.820. The number of halogens is 1. The second kappa shape index (κ2) is 5.23. The zero-order valence-corrected chi connectivity index (χ0v) is 9.63. The van der Waals surface area contributed by atoms with Crippen molar-refractivity contribution in [2.45, 2.75) is 0 Å². The molecule has 0 bridgehead atoms. The first-order valence-electron chi connectivity index (χ1n) is 5.05. The van der Waals surface area contributed by atoms with Crippen LogP contribution in [0.15, 0.2) is 48.5 Å². The van der Waals surface area contributed by atoms with Crippen molar-refractivity contribution in [3.63, 3.8) is 0 Å². The summed E-state index contributed by atoms with van der Waals surface area (Å²) in [6.45, 7) is 0. The van der Waals surface area contributed by atoms with Gasteiger partial charge in [-0.25, -0.2) is 0 Å². The van der Waals surface area contributed by atoms with Gasteiger partial charge in [-0.2, -0.15) is 0 Å². The number of rotatable bonds is 3. The van der Waals surface area contributed by atoms with Gasteiger partial charge in [0.05, 0.1) is 0 Å². The Labute approximate surface area is 104 Å². The lowest BCUT2D eigenvalue weighted by Crippen LogP contribution is -2.20. The molecule has 0 saturated heterocycles. The number of hydrogen-bond donors (Lipinski definition) is 2. The average molecular weight is 248 g/mol. The van der Waals surface area contributed by atoms with Gasteiger partial charge in [0.15, 0.2) is 0 Å². The Morgan fingerprint density at radius 3 is 2.12 bits per heavy atom. The van der Waals surface area contributed by atoms with Crippen LogP contribution in [-0.2, 0) is 0 Å². The Balaban J connectivity index is 2.48. The highest BCUT2D eigenvalue weighted by molar-refractivity contribution is 6.34. The van der Waals surface area contributed by atoms with Crippen molar-refractivity contribution < 1.29 is 14.7 Å². The molecule has 2 aromatic carbocycles. The average Bonchev–Trinajstić information content (AvgIpc) is 2.30. The van der Waals surface area contributed by atoms with E-state index < -0.39 is 7.32 Å². The second-order valence-electron chi connectivity index (χ2n) is 3.42. The predicted molar refractivity (Wildman–Crippen MR) is 67.7 cm³/mol. The molecule has 5 heteroatoms. The van der Waals surface area contributed by atoms with Crippen LogP contribution in [0.4, 0.5) is 0 Å². The Morgan fingerprint density at radius 2 is 1.47 bits per heavy atom. The normalized spacial score (nSPS) is 10.1. The summed E-state index contributed by atoms with van der Waals surface area (Å²) in [6.07, 6.45) is 0. The minimum Gasteiger partial charge on any atom is -0.512 e. The lowest BCUT2D eigenvalue weighted by molar-refractivity contribution is 0.288. The lowest BCUT2D eigenvalue weighted by atomic mass is 10.0. The molecule has 2 aromatic rings. The van der Waals surface area contributed by atoms with Crippen molar-refractivity contribution in [1.29, 1.82) is 0 Å². The third-order valence-electron chi connectivity index (χ3n) is 2.28. The first kappa shape index (κ1) is 12.0. The summed E-state index contributed by atoms with van der Waals surface area (Å²) in [5.41, 5.74) is 1.50. The third kappa shape index (κ3) is 2.80. The molecule has 0 aliphatic rings. The van der Waals surface area contributed by atoms with Crippen LogP contribution < -0.4 is 4.65 Å². The molecule has 2 N–H and O–H groups in total. The van der Waals surface area contributed by atoms with Crippen molar-refractivity contribution in [3.05, 3.63) is 53.6 Å². The molecule has 0 aliphatic carbocycles. The molecule has 0 fully saturated rings. The van der Waals surface area contributed by atoms with Gasteiger partial charge in [-0.1, -0.05) is 48.0 Å². The van der Waals surface area contributed by atoms with Crippen LogP contribution in [0.2, 0.25) is 5.02 Å². The monoisotopic (exact) mass is 248 g/mol.